The van der Waals surface area contributed by atoms with Gasteiger partial charge in [-0.2, -0.15) is 0 Å². The summed E-state index contributed by atoms with van der Waals surface area (Å²) < 4.78 is 0. The van der Waals surface area contributed by atoms with Crippen LogP contribution in [0.3, 0.4) is 0 Å². The predicted octanol–water partition coefficient (Wildman–Crippen LogP) is 3.21. The van der Waals surface area contributed by atoms with Crippen molar-refractivity contribution in [2.45, 2.75) is 38.4 Å². The van der Waals surface area contributed by atoms with Gasteiger partial charge >= 0.3 is 0 Å². The van der Waals surface area contributed by atoms with Gasteiger partial charge in [0.25, 0.3) is 0 Å². The van der Waals surface area contributed by atoms with Crippen LogP contribution in [-0.2, 0) is 0 Å². The molecule has 0 aliphatic rings. The van der Waals surface area contributed by atoms with Crippen molar-refractivity contribution in [3.8, 4) is 0 Å². The quantitative estimate of drug-likeness (QED) is 0.583. The Morgan fingerprint density at radius 1 is 1.25 bits per heavy atom. The first kappa shape index (κ1) is 8.48. The van der Waals surface area contributed by atoms with Crippen molar-refractivity contribution in [3.05, 3.63) is 0 Å². The molecule has 0 unspecified atom stereocenters. The third-order valence-corrected chi connectivity index (χ3v) is 2.45. The summed E-state index contributed by atoms with van der Waals surface area (Å²) in [6.07, 6.45) is 2.59. The summed E-state index contributed by atoms with van der Waals surface area (Å²) in [5.74, 6) is 0.870. The van der Waals surface area contributed by atoms with Gasteiger partial charge in [-0.05, 0) is 5.92 Å². The molecule has 0 aromatic rings. The molecule has 0 aliphatic heterocycles. The lowest BCUT2D eigenvalue weighted by Gasteiger charge is -2.13. The highest BCUT2D eigenvalue weighted by Crippen LogP contribution is 2.18. The predicted molar refractivity (Wildman–Crippen MR) is 42.5 cm³/mol. The van der Waals surface area contributed by atoms with Crippen LogP contribution in [0.5, 0.6) is 0 Å². The molecule has 0 aromatic heterocycles. The molecule has 0 aliphatic carbocycles. The molecule has 50 valence electrons. The maximum atomic E-state index is 3.56. The maximum Gasteiger partial charge on any atom is 0.0145 e. The summed E-state index contributed by atoms with van der Waals surface area (Å²) in [6.45, 7) is 6.70. The van der Waals surface area contributed by atoms with Gasteiger partial charge in [-0.3, -0.25) is 0 Å². The highest BCUT2D eigenvalue weighted by atomic mass is 79.9. The molecule has 1 heteroatoms. The third kappa shape index (κ3) is 2.71. The van der Waals surface area contributed by atoms with Crippen molar-refractivity contribution in [1.29, 1.82) is 0 Å². The van der Waals surface area contributed by atoms with Crippen LogP contribution in [0.2, 0.25) is 0 Å². The molecule has 0 aromatic carbocycles. The van der Waals surface area contributed by atoms with Crippen LogP contribution in [-0.4, -0.2) is 4.83 Å². The number of hydrogen-bond donors (Lipinski definition) is 0. The van der Waals surface area contributed by atoms with E-state index in [1.165, 1.54) is 12.8 Å². The second-order valence-corrected chi connectivity index (χ2v) is 3.70. The fourth-order valence-electron chi connectivity index (χ4n) is 0.938. The van der Waals surface area contributed by atoms with Crippen LogP contribution in [0.4, 0.5) is 0 Å². The molecule has 0 rings (SSSR count). The fourth-order valence-corrected chi connectivity index (χ4v) is 1.69. The van der Waals surface area contributed by atoms with Crippen molar-refractivity contribution in [3.63, 3.8) is 0 Å². The van der Waals surface area contributed by atoms with Gasteiger partial charge in [0.1, 0.15) is 0 Å². The van der Waals surface area contributed by atoms with Gasteiger partial charge in [0.15, 0.2) is 0 Å². The van der Waals surface area contributed by atoms with E-state index in [0.717, 1.165) is 5.92 Å². The van der Waals surface area contributed by atoms with Crippen molar-refractivity contribution in [2.75, 3.05) is 0 Å². The van der Waals surface area contributed by atoms with Gasteiger partial charge < -0.3 is 0 Å². The third-order valence-electron chi connectivity index (χ3n) is 1.70. The number of rotatable bonds is 3. The Balaban J connectivity index is 3.35. The molecule has 0 bridgehead atoms. The summed E-state index contributed by atoms with van der Waals surface area (Å²) in [7, 11) is 0. The van der Waals surface area contributed by atoms with E-state index < -0.39 is 0 Å². The van der Waals surface area contributed by atoms with E-state index >= 15 is 0 Å². The van der Waals surface area contributed by atoms with Gasteiger partial charge in [-0.1, -0.05) is 49.5 Å². The SMILES string of the molecule is CCC(CC)[C@@H](C)Br. The molecule has 0 heterocycles. The fraction of sp³-hybridized carbons (Fsp3) is 1.00. The Morgan fingerprint density at radius 2 is 1.62 bits per heavy atom. The highest BCUT2D eigenvalue weighted by molar-refractivity contribution is 9.09. The highest BCUT2D eigenvalue weighted by Gasteiger charge is 2.07. The number of hydrogen-bond acceptors (Lipinski definition) is 0. The van der Waals surface area contributed by atoms with E-state index in [0.29, 0.717) is 4.83 Å². The molecule has 0 saturated heterocycles. The van der Waals surface area contributed by atoms with Gasteiger partial charge in [-0.25, -0.2) is 0 Å². The zero-order valence-electron chi connectivity index (χ0n) is 5.95. The van der Waals surface area contributed by atoms with E-state index in [2.05, 4.69) is 36.7 Å². The van der Waals surface area contributed by atoms with Crippen LogP contribution in [0.15, 0.2) is 0 Å². The minimum Gasteiger partial charge on any atom is -0.0891 e. The van der Waals surface area contributed by atoms with E-state index in [-0.39, 0.29) is 0 Å². The van der Waals surface area contributed by atoms with E-state index in [9.17, 15) is 0 Å². The number of halogens is 1. The molecule has 0 saturated carbocycles. The van der Waals surface area contributed by atoms with Crippen molar-refractivity contribution in [2.24, 2.45) is 5.92 Å². The zero-order valence-corrected chi connectivity index (χ0v) is 7.53. The largest absolute Gasteiger partial charge is 0.0891 e. The minimum atomic E-state index is 0.692. The average Bonchev–Trinajstić information content (AvgIpc) is 1.69. The molecule has 0 N–H and O–H groups in total. The minimum absolute atomic E-state index is 0.692. The lowest BCUT2D eigenvalue weighted by Crippen LogP contribution is -2.07. The normalized spacial score (nSPS) is 14.6. The molecule has 0 amide bonds. The number of alkyl halides is 1. The monoisotopic (exact) mass is 178 g/mol. The summed E-state index contributed by atoms with van der Waals surface area (Å²) in [5.41, 5.74) is 0. The lowest BCUT2D eigenvalue weighted by atomic mass is 10.0. The summed E-state index contributed by atoms with van der Waals surface area (Å²) >= 11 is 3.56. The first-order valence-electron chi connectivity index (χ1n) is 3.36. The van der Waals surface area contributed by atoms with E-state index in [1.54, 1.807) is 0 Å². The van der Waals surface area contributed by atoms with Crippen LogP contribution < -0.4 is 0 Å². The molecule has 0 nitrogen and oxygen atoms in total. The molecule has 8 heavy (non-hydrogen) atoms. The average molecular weight is 179 g/mol. The standard InChI is InChI=1S/C7H15Br/c1-4-7(5-2)6(3)8/h6-7H,4-5H2,1-3H3/t6-/m1/s1. The Morgan fingerprint density at radius 3 is 1.62 bits per heavy atom. The first-order valence-corrected chi connectivity index (χ1v) is 4.28. The van der Waals surface area contributed by atoms with Crippen molar-refractivity contribution < 1.29 is 0 Å². The Hall–Kier alpha value is 0.480. The van der Waals surface area contributed by atoms with E-state index in [4.69, 9.17) is 0 Å². The molecule has 0 fully saturated rings. The van der Waals surface area contributed by atoms with Crippen LogP contribution in [0, 0.1) is 5.92 Å². The molecule has 1 atom stereocenters. The maximum absolute atomic E-state index is 3.56. The molecular weight excluding hydrogens is 164 g/mol. The Kier molecular flexibility index (Phi) is 4.63. The smallest absolute Gasteiger partial charge is 0.0145 e. The Labute approximate surface area is 60.8 Å². The lowest BCUT2D eigenvalue weighted by molar-refractivity contribution is 0.494. The summed E-state index contributed by atoms with van der Waals surface area (Å²) in [5, 5.41) is 0. The van der Waals surface area contributed by atoms with Gasteiger partial charge in [0, 0.05) is 4.83 Å². The summed E-state index contributed by atoms with van der Waals surface area (Å²) in [6, 6.07) is 0. The van der Waals surface area contributed by atoms with Gasteiger partial charge in [0.2, 0.25) is 0 Å². The zero-order chi connectivity index (χ0) is 6.57. The second kappa shape index (κ2) is 4.37. The molecular formula is C7H15Br. The topological polar surface area (TPSA) is 0 Å². The second-order valence-electron chi connectivity index (χ2n) is 2.25. The summed E-state index contributed by atoms with van der Waals surface area (Å²) in [4.78, 5) is 0.692. The van der Waals surface area contributed by atoms with Crippen molar-refractivity contribution in [1.82, 2.24) is 0 Å². The molecule has 0 radical (unpaired) electrons. The van der Waals surface area contributed by atoms with Crippen LogP contribution in [0.1, 0.15) is 33.6 Å². The van der Waals surface area contributed by atoms with Crippen molar-refractivity contribution >= 4 is 15.9 Å². The first-order chi connectivity index (χ1) is 3.72. The van der Waals surface area contributed by atoms with Gasteiger partial charge in [0.05, 0.1) is 0 Å². The van der Waals surface area contributed by atoms with Gasteiger partial charge in [-0.15, -0.1) is 0 Å². The Bertz CT molecular complexity index is 46.3. The van der Waals surface area contributed by atoms with Crippen LogP contribution in [0.25, 0.3) is 0 Å². The molecule has 0 spiro atoms. The van der Waals surface area contributed by atoms with Crippen LogP contribution >= 0.6 is 15.9 Å². The van der Waals surface area contributed by atoms with E-state index in [1.807, 2.05) is 0 Å².